The molecule has 2 rings (SSSR count). The van der Waals surface area contributed by atoms with E-state index in [-0.39, 0.29) is 12.1 Å². The van der Waals surface area contributed by atoms with Gasteiger partial charge >= 0.3 is 6.18 Å². The third kappa shape index (κ3) is 5.21. The lowest BCUT2D eigenvalue weighted by Gasteiger charge is -2.41. The number of halogens is 3. The molecule has 22 heavy (non-hydrogen) atoms. The summed E-state index contributed by atoms with van der Waals surface area (Å²) in [7, 11) is -3.81. The molecule has 0 aliphatic carbocycles. The zero-order valence-corrected chi connectivity index (χ0v) is 15.5. The fraction of sp³-hybridized carbons (Fsp3) is 0.867. The SMILES string of the molecule is C=C(C[SiH]1CCCCO1)[Si]1(CCC(F)(F)F)CCCC(C)O1. The third-order valence-electron chi connectivity index (χ3n) is 4.82. The lowest BCUT2D eigenvalue weighted by Crippen LogP contribution is -2.48. The largest absolute Gasteiger partial charge is 0.420 e. The van der Waals surface area contributed by atoms with Crippen molar-refractivity contribution in [3.63, 3.8) is 0 Å². The minimum atomic E-state index is -4.11. The van der Waals surface area contributed by atoms with Gasteiger partial charge in [-0.1, -0.05) is 18.0 Å². The van der Waals surface area contributed by atoms with E-state index >= 15 is 0 Å². The minimum absolute atomic E-state index is 0.0688. The molecule has 0 aromatic rings. The summed E-state index contributed by atoms with van der Waals surface area (Å²) in [5.41, 5.74) is 0. The second-order valence-electron chi connectivity index (χ2n) is 6.73. The summed E-state index contributed by atoms with van der Waals surface area (Å²) in [6.45, 7) is 7.00. The molecule has 0 aromatic carbocycles. The van der Waals surface area contributed by atoms with Crippen molar-refractivity contribution in [2.45, 2.75) is 75.5 Å². The maximum Gasteiger partial charge on any atom is 0.388 e. The van der Waals surface area contributed by atoms with E-state index in [0.717, 1.165) is 49.2 Å². The van der Waals surface area contributed by atoms with Gasteiger partial charge in [-0.25, -0.2) is 0 Å². The van der Waals surface area contributed by atoms with E-state index in [9.17, 15) is 13.2 Å². The Morgan fingerprint density at radius 2 is 2.09 bits per heavy atom. The molecule has 128 valence electrons. The van der Waals surface area contributed by atoms with Gasteiger partial charge < -0.3 is 8.85 Å². The first-order chi connectivity index (χ1) is 10.3. The van der Waals surface area contributed by atoms with Crippen LogP contribution in [0.2, 0.25) is 24.2 Å². The quantitative estimate of drug-likeness (QED) is 0.667. The van der Waals surface area contributed by atoms with Crippen molar-refractivity contribution in [2.75, 3.05) is 6.61 Å². The smallest absolute Gasteiger partial charge is 0.388 e. The highest BCUT2D eigenvalue weighted by Crippen LogP contribution is 2.40. The molecule has 2 aliphatic heterocycles. The maximum atomic E-state index is 12.7. The molecule has 0 aromatic heterocycles. The van der Waals surface area contributed by atoms with E-state index in [2.05, 4.69) is 6.58 Å². The fourth-order valence-electron chi connectivity index (χ4n) is 3.57. The molecule has 0 radical (unpaired) electrons. The van der Waals surface area contributed by atoms with E-state index < -0.39 is 30.0 Å². The monoisotopic (exact) mass is 352 g/mol. The summed E-state index contributed by atoms with van der Waals surface area (Å²) in [4.78, 5) is 0. The van der Waals surface area contributed by atoms with E-state index in [1.807, 2.05) is 6.92 Å². The zero-order chi connectivity index (χ0) is 16.2. The van der Waals surface area contributed by atoms with Gasteiger partial charge in [0.25, 0.3) is 0 Å². The van der Waals surface area contributed by atoms with Crippen LogP contribution in [0.3, 0.4) is 0 Å². The van der Waals surface area contributed by atoms with Crippen LogP contribution in [0, 0.1) is 0 Å². The summed E-state index contributed by atoms with van der Waals surface area (Å²) in [6, 6.07) is 2.88. The Labute approximate surface area is 133 Å². The van der Waals surface area contributed by atoms with Crippen molar-refractivity contribution in [2.24, 2.45) is 0 Å². The Bertz CT molecular complexity index is 383. The number of hydrogen-bond donors (Lipinski definition) is 0. The van der Waals surface area contributed by atoms with Crippen LogP contribution in [0.1, 0.15) is 39.0 Å². The van der Waals surface area contributed by atoms with Crippen molar-refractivity contribution >= 4 is 17.4 Å². The van der Waals surface area contributed by atoms with Crippen LogP contribution in [-0.4, -0.2) is 36.2 Å². The lowest BCUT2D eigenvalue weighted by atomic mass is 10.2. The van der Waals surface area contributed by atoms with Gasteiger partial charge in [-0.05, 0) is 43.9 Å². The average molecular weight is 353 g/mol. The van der Waals surface area contributed by atoms with Crippen molar-refractivity contribution < 1.29 is 22.0 Å². The third-order valence-corrected chi connectivity index (χ3v) is 12.5. The second kappa shape index (κ2) is 7.64. The first-order valence-corrected chi connectivity index (χ1v) is 12.8. The molecule has 2 aliphatic rings. The highest BCUT2D eigenvalue weighted by Gasteiger charge is 2.45. The van der Waals surface area contributed by atoms with Crippen LogP contribution >= 0.6 is 0 Å². The predicted molar refractivity (Wildman–Crippen MR) is 86.9 cm³/mol. The van der Waals surface area contributed by atoms with Crippen LogP contribution in [0.15, 0.2) is 11.8 Å². The molecule has 3 unspecified atom stereocenters. The standard InChI is InChI=1S/C15H27F3O2Si2/c1-13-6-5-10-22(20-13,11-7-15(16,17)18)14(2)12-21-9-4-3-8-19-21/h13,21H,2-12H2,1H3. The molecule has 2 nitrogen and oxygen atoms in total. The number of allylic oxidation sites excluding steroid dienone is 1. The molecule has 0 saturated carbocycles. The van der Waals surface area contributed by atoms with Crippen molar-refractivity contribution in [1.82, 2.24) is 0 Å². The Morgan fingerprint density at radius 1 is 1.32 bits per heavy atom. The highest BCUT2D eigenvalue weighted by atomic mass is 28.4. The number of hydrogen-bond acceptors (Lipinski definition) is 2. The van der Waals surface area contributed by atoms with Gasteiger partial charge in [0.1, 0.15) is 0 Å². The molecule has 7 heteroatoms. The lowest BCUT2D eigenvalue weighted by molar-refractivity contribution is -0.131. The maximum absolute atomic E-state index is 12.7. The van der Waals surface area contributed by atoms with E-state index in [4.69, 9.17) is 8.85 Å². The Balaban J connectivity index is 2.03. The molecule has 0 spiro atoms. The molecular weight excluding hydrogens is 325 g/mol. The summed E-state index contributed by atoms with van der Waals surface area (Å²) in [5.74, 6) is 0. The van der Waals surface area contributed by atoms with Crippen molar-refractivity contribution in [3.8, 4) is 0 Å². The van der Waals surface area contributed by atoms with Gasteiger partial charge in [0.05, 0.1) is 0 Å². The van der Waals surface area contributed by atoms with Crippen LogP contribution in [0.4, 0.5) is 13.2 Å². The van der Waals surface area contributed by atoms with Gasteiger partial charge in [0, 0.05) is 19.1 Å². The second-order valence-corrected chi connectivity index (χ2v) is 13.2. The van der Waals surface area contributed by atoms with Crippen LogP contribution in [0.5, 0.6) is 0 Å². The van der Waals surface area contributed by atoms with E-state index in [1.165, 1.54) is 6.42 Å². The summed E-state index contributed by atoms with van der Waals surface area (Å²) >= 11 is 0. The average Bonchev–Trinajstić information content (AvgIpc) is 2.45. The summed E-state index contributed by atoms with van der Waals surface area (Å²) < 4.78 is 50.2. The highest BCUT2D eigenvalue weighted by molar-refractivity contribution is 6.82. The Hall–Kier alpha value is -0.116. The summed E-state index contributed by atoms with van der Waals surface area (Å²) in [6.07, 6.45) is -0.554. The van der Waals surface area contributed by atoms with E-state index in [1.54, 1.807) is 0 Å². The van der Waals surface area contributed by atoms with Gasteiger partial charge in [0.15, 0.2) is 9.04 Å². The minimum Gasteiger partial charge on any atom is -0.420 e. The Morgan fingerprint density at radius 3 is 2.68 bits per heavy atom. The van der Waals surface area contributed by atoms with Crippen LogP contribution in [-0.2, 0) is 8.85 Å². The topological polar surface area (TPSA) is 18.5 Å². The molecule has 2 heterocycles. The van der Waals surface area contributed by atoms with Crippen molar-refractivity contribution in [3.05, 3.63) is 11.8 Å². The van der Waals surface area contributed by atoms with E-state index in [0.29, 0.717) is 0 Å². The van der Waals surface area contributed by atoms with Crippen molar-refractivity contribution in [1.29, 1.82) is 0 Å². The Kier molecular flexibility index (Phi) is 6.33. The molecule has 3 atom stereocenters. The van der Waals surface area contributed by atoms with Gasteiger partial charge in [-0.2, -0.15) is 13.2 Å². The molecule has 2 fully saturated rings. The first kappa shape index (κ1) is 18.2. The fourth-order valence-corrected chi connectivity index (χ4v) is 11.7. The molecular formula is C15H27F3O2Si2. The first-order valence-electron chi connectivity index (χ1n) is 8.35. The van der Waals surface area contributed by atoms with Gasteiger partial charge in [0.2, 0.25) is 8.32 Å². The molecule has 0 N–H and O–H groups in total. The molecule has 0 bridgehead atoms. The number of alkyl halides is 3. The predicted octanol–water partition coefficient (Wildman–Crippen LogP) is 4.71. The molecule has 0 amide bonds. The zero-order valence-electron chi connectivity index (χ0n) is 13.4. The van der Waals surface area contributed by atoms with Crippen LogP contribution in [0.25, 0.3) is 0 Å². The van der Waals surface area contributed by atoms with Gasteiger partial charge in [-0.15, -0.1) is 6.58 Å². The van der Waals surface area contributed by atoms with Crippen LogP contribution < -0.4 is 0 Å². The molecule has 2 saturated heterocycles. The number of rotatable bonds is 5. The van der Waals surface area contributed by atoms with Gasteiger partial charge in [-0.3, -0.25) is 0 Å². The summed E-state index contributed by atoms with van der Waals surface area (Å²) in [5, 5.41) is 0.988. The normalized spacial score (nSPS) is 33.6.